The van der Waals surface area contributed by atoms with E-state index < -0.39 is 5.60 Å². The normalized spacial score (nSPS) is 31.5. The van der Waals surface area contributed by atoms with Gasteiger partial charge in [0.15, 0.2) is 0 Å². The van der Waals surface area contributed by atoms with Gasteiger partial charge >= 0.3 is 0 Å². The van der Waals surface area contributed by atoms with Gasteiger partial charge in [0.05, 0.1) is 16.4 Å². The largest absolute Gasteiger partial charge is 0.383 e. The smallest absolute Gasteiger partial charge is 0.110 e. The van der Waals surface area contributed by atoms with Crippen LogP contribution in [0.4, 0.5) is 0 Å². The van der Waals surface area contributed by atoms with Crippen LogP contribution >= 0.6 is 15.9 Å². The zero-order valence-electron chi connectivity index (χ0n) is 13.0. The third kappa shape index (κ3) is 2.81. The Balaban J connectivity index is 1.96. The van der Waals surface area contributed by atoms with Crippen molar-refractivity contribution in [3.8, 4) is 0 Å². The standard InChI is InChI=1S/C17H27BrN2O/c1-2-20-16(15(18)12-19-20)17(21)11-7-6-10-14(17)13-8-4-3-5-9-13/h12-14,21H,2-11H2,1H3. The molecular formula is C17H27BrN2O. The molecule has 2 unspecified atom stereocenters. The first-order chi connectivity index (χ1) is 10.2. The molecule has 21 heavy (non-hydrogen) atoms. The average molecular weight is 355 g/mol. The van der Waals surface area contributed by atoms with Crippen LogP contribution in [-0.4, -0.2) is 14.9 Å². The number of rotatable bonds is 3. The molecule has 1 aromatic rings. The van der Waals surface area contributed by atoms with Crippen molar-refractivity contribution in [2.75, 3.05) is 0 Å². The summed E-state index contributed by atoms with van der Waals surface area (Å²) in [5, 5.41) is 16.1. The molecule has 3 rings (SSSR count). The summed E-state index contributed by atoms with van der Waals surface area (Å²) in [6, 6.07) is 0. The van der Waals surface area contributed by atoms with Crippen LogP contribution in [0.2, 0.25) is 0 Å². The topological polar surface area (TPSA) is 38.0 Å². The fourth-order valence-electron chi connectivity index (χ4n) is 4.67. The molecule has 2 fully saturated rings. The molecule has 3 nitrogen and oxygen atoms in total. The van der Waals surface area contributed by atoms with Crippen molar-refractivity contribution >= 4 is 15.9 Å². The summed E-state index contributed by atoms with van der Waals surface area (Å²) in [6.07, 6.45) is 12.9. The number of aryl methyl sites for hydroxylation is 1. The maximum absolute atomic E-state index is 11.6. The van der Waals surface area contributed by atoms with Crippen LogP contribution < -0.4 is 0 Å². The lowest BCUT2D eigenvalue weighted by atomic mass is 9.64. The molecule has 2 aliphatic rings. The lowest BCUT2D eigenvalue weighted by molar-refractivity contribution is -0.0898. The summed E-state index contributed by atoms with van der Waals surface area (Å²) in [5.41, 5.74) is 0.339. The third-order valence-corrected chi connectivity index (χ3v) is 6.24. The monoisotopic (exact) mass is 354 g/mol. The molecule has 0 radical (unpaired) electrons. The summed E-state index contributed by atoms with van der Waals surface area (Å²) in [6.45, 7) is 2.92. The number of halogens is 1. The maximum atomic E-state index is 11.6. The molecule has 0 aromatic carbocycles. The Morgan fingerprint density at radius 1 is 1.24 bits per heavy atom. The lowest BCUT2D eigenvalue weighted by Gasteiger charge is -2.45. The minimum atomic E-state index is -0.689. The first kappa shape index (κ1) is 15.5. The highest BCUT2D eigenvalue weighted by molar-refractivity contribution is 9.10. The number of aliphatic hydroxyl groups is 1. The highest BCUT2D eigenvalue weighted by Crippen LogP contribution is 2.50. The summed E-state index contributed by atoms with van der Waals surface area (Å²) in [4.78, 5) is 0. The molecule has 0 bridgehead atoms. The van der Waals surface area contributed by atoms with Crippen LogP contribution in [0.5, 0.6) is 0 Å². The van der Waals surface area contributed by atoms with Crippen LogP contribution in [0.3, 0.4) is 0 Å². The molecule has 118 valence electrons. The molecule has 1 N–H and O–H groups in total. The van der Waals surface area contributed by atoms with Crippen molar-refractivity contribution in [1.29, 1.82) is 0 Å². The van der Waals surface area contributed by atoms with E-state index in [2.05, 4.69) is 28.0 Å². The number of hydrogen-bond donors (Lipinski definition) is 1. The van der Waals surface area contributed by atoms with Crippen LogP contribution in [0.1, 0.15) is 70.4 Å². The zero-order valence-corrected chi connectivity index (χ0v) is 14.6. The van der Waals surface area contributed by atoms with Gasteiger partial charge in [0.2, 0.25) is 0 Å². The second-order valence-corrected chi connectivity index (χ2v) is 7.69. The van der Waals surface area contributed by atoms with E-state index in [-0.39, 0.29) is 0 Å². The summed E-state index contributed by atoms with van der Waals surface area (Å²) >= 11 is 3.64. The van der Waals surface area contributed by atoms with E-state index in [9.17, 15) is 5.11 Å². The first-order valence-electron chi connectivity index (χ1n) is 8.61. The SMILES string of the molecule is CCn1ncc(Br)c1C1(O)CCCCC1C1CCCCC1. The third-order valence-electron chi connectivity index (χ3n) is 5.66. The molecule has 1 heterocycles. The highest BCUT2D eigenvalue weighted by Gasteiger charge is 2.47. The molecule has 2 atom stereocenters. The summed E-state index contributed by atoms with van der Waals surface area (Å²) in [5.74, 6) is 1.10. The van der Waals surface area contributed by atoms with Crippen LogP contribution in [0.15, 0.2) is 10.7 Å². The van der Waals surface area contributed by atoms with Gasteiger partial charge in [-0.2, -0.15) is 5.10 Å². The van der Waals surface area contributed by atoms with Crippen molar-refractivity contribution in [3.05, 3.63) is 16.4 Å². The molecule has 1 aromatic heterocycles. The Bertz CT molecular complexity index is 481. The second-order valence-electron chi connectivity index (χ2n) is 6.83. The van der Waals surface area contributed by atoms with Gasteiger partial charge in [-0.1, -0.05) is 44.9 Å². The quantitative estimate of drug-likeness (QED) is 0.859. The first-order valence-corrected chi connectivity index (χ1v) is 9.40. The predicted molar refractivity (Wildman–Crippen MR) is 88.0 cm³/mol. The van der Waals surface area contributed by atoms with Gasteiger partial charge in [0, 0.05) is 6.54 Å². The predicted octanol–water partition coefficient (Wildman–Crippen LogP) is 4.62. The molecule has 0 spiro atoms. The van der Waals surface area contributed by atoms with Crippen molar-refractivity contribution in [3.63, 3.8) is 0 Å². The Labute approximate surface area is 136 Å². The van der Waals surface area contributed by atoms with Crippen LogP contribution in [-0.2, 0) is 12.1 Å². The number of nitrogens with zero attached hydrogens (tertiary/aromatic N) is 2. The Morgan fingerprint density at radius 3 is 2.67 bits per heavy atom. The van der Waals surface area contributed by atoms with Gasteiger partial charge in [-0.05, 0) is 47.5 Å². The van der Waals surface area contributed by atoms with E-state index in [0.717, 1.165) is 29.6 Å². The Hall–Kier alpha value is -0.350. The van der Waals surface area contributed by atoms with Gasteiger partial charge in [-0.3, -0.25) is 4.68 Å². The molecule has 0 amide bonds. The molecule has 0 saturated heterocycles. The molecular weight excluding hydrogens is 328 g/mol. The summed E-state index contributed by atoms with van der Waals surface area (Å²) < 4.78 is 2.97. The minimum Gasteiger partial charge on any atom is -0.383 e. The van der Waals surface area contributed by atoms with E-state index >= 15 is 0 Å². The molecule has 2 saturated carbocycles. The molecule has 2 aliphatic carbocycles. The Morgan fingerprint density at radius 2 is 1.95 bits per heavy atom. The fraction of sp³-hybridized carbons (Fsp3) is 0.824. The van der Waals surface area contributed by atoms with Gasteiger partial charge < -0.3 is 5.11 Å². The van der Waals surface area contributed by atoms with Gasteiger partial charge in [0.25, 0.3) is 0 Å². The van der Waals surface area contributed by atoms with Crippen LogP contribution in [0.25, 0.3) is 0 Å². The van der Waals surface area contributed by atoms with E-state index in [1.165, 1.54) is 44.9 Å². The highest BCUT2D eigenvalue weighted by atomic mass is 79.9. The van der Waals surface area contributed by atoms with Gasteiger partial charge in [0.1, 0.15) is 5.60 Å². The number of hydrogen-bond acceptors (Lipinski definition) is 2. The fourth-order valence-corrected chi connectivity index (χ4v) is 5.31. The van der Waals surface area contributed by atoms with Gasteiger partial charge in [-0.15, -0.1) is 0 Å². The summed E-state index contributed by atoms with van der Waals surface area (Å²) in [7, 11) is 0. The molecule has 0 aliphatic heterocycles. The zero-order chi connectivity index (χ0) is 14.9. The lowest BCUT2D eigenvalue weighted by Crippen LogP contribution is -2.44. The Kier molecular flexibility index (Phi) is 4.75. The maximum Gasteiger partial charge on any atom is 0.110 e. The van der Waals surface area contributed by atoms with Crippen LogP contribution in [0, 0.1) is 11.8 Å². The van der Waals surface area contributed by atoms with E-state index in [1.54, 1.807) is 0 Å². The van der Waals surface area contributed by atoms with Crippen molar-refractivity contribution in [1.82, 2.24) is 9.78 Å². The molecule has 4 heteroatoms. The van der Waals surface area contributed by atoms with Crippen molar-refractivity contribution in [2.24, 2.45) is 11.8 Å². The van der Waals surface area contributed by atoms with Gasteiger partial charge in [-0.25, -0.2) is 0 Å². The van der Waals surface area contributed by atoms with E-state index in [1.807, 2.05) is 10.9 Å². The van der Waals surface area contributed by atoms with Crippen molar-refractivity contribution < 1.29 is 5.11 Å². The minimum absolute atomic E-state index is 0.407. The van der Waals surface area contributed by atoms with E-state index in [0.29, 0.717) is 11.8 Å². The number of aromatic nitrogens is 2. The average Bonchev–Trinajstić information content (AvgIpc) is 2.90. The van der Waals surface area contributed by atoms with E-state index in [4.69, 9.17) is 0 Å². The van der Waals surface area contributed by atoms with Crippen molar-refractivity contribution in [2.45, 2.75) is 76.9 Å². The second kappa shape index (κ2) is 6.41.